The second-order valence-corrected chi connectivity index (χ2v) is 10.0. The highest BCUT2D eigenvalue weighted by atomic mass is 16.5. The van der Waals surface area contributed by atoms with Crippen LogP contribution in [0.3, 0.4) is 0 Å². The van der Waals surface area contributed by atoms with Crippen LogP contribution in [0.1, 0.15) is 60.9 Å². The number of carbonyl (C=O) groups excluding carboxylic acids is 2. The van der Waals surface area contributed by atoms with Gasteiger partial charge in [-0.15, -0.1) is 0 Å². The first-order valence-corrected chi connectivity index (χ1v) is 13.4. The Morgan fingerprint density at radius 3 is 2.44 bits per heavy atom. The Bertz CT molecular complexity index is 983. The second-order valence-electron chi connectivity index (χ2n) is 10.0. The van der Waals surface area contributed by atoms with Crippen LogP contribution >= 0.6 is 0 Å². The van der Waals surface area contributed by atoms with E-state index < -0.39 is 0 Å². The molecule has 4 rings (SSSR count). The summed E-state index contributed by atoms with van der Waals surface area (Å²) in [7, 11) is 1.62. The monoisotopic (exact) mass is 492 g/mol. The normalized spacial score (nSPS) is 17.0. The van der Waals surface area contributed by atoms with E-state index in [-0.39, 0.29) is 18.0 Å². The van der Waals surface area contributed by atoms with E-state index in [2.05, 4.69) is 51.2 Å². The number of amides is 3. The Balaban J connectivity index is 1.42. The predicted molar refractivity (Wildman–Crippen MR) is 145 cm³/mol. The summed E-state index contributed by atoms with van der Waals surface area (Å²) in [4.78, 5) is 28.0. The van der Waals surface area contributed by atoms with Gasteiger partial charge in [-0.2, -0.15) is 0 Å². The fraction of sp³-hybridized carbons (Fsp3) is 0.517. The number of nitrogens with zero attached hydrogens (tertiary/aromatic N) is 1. The molecule has 2 aromatic rings. The highest BCUT2D eigenvalue weighted by Crippen LogP contribution is 2.30. The second kappa shape index (κ2) is 13.3. The molecule has 0 bridgehead atoms. The minimum absolute atomic E-state index is 0.148. The van der Waals surface area contributed by atoms with E-state index in [1.54, 1.807) is 13.2 Å². The number of anilines is 2. The molecule has 7 nitrogen and oxygen atoms in total. The molecular weight excluding hydrogens is 452 g/mol. The molecule has 7 heteroatoms. The van der Waals surface area contributed by atoms with Crippen molar-refractivity contribution in [2.45, 2.75) is 57.4 Å². The van der Waals surface area contributed by atoms with Gasteiger partial charge < -0.3 is 25.6 Å². The maximum Gasteiger partial charge on any atom is 0.319 e. The van der Waals surface area contributed by atoms with Crippen molar-refractivity contribution >= 4 is 23.3 Å². The van der Waals surface area contributed by atoms with Crippen LogP contribution in [0.15, 0.2) is 48.5 Å². The van der Waals surface area contributed by atoms with Gasteiger partial charge in [0.1, 0.15) is 0 Å². The van der Waals surface area contributed by atoms with Crippen LogP contribution in [0.25, 0.3) is 0 Å². The van der Waals surface area contributed by atoms with Gasteiger partial charge >= 0.3 is 6.03 Å². The van der Waals surface area contributed by atoms with Crippen LogP contribution in [0.4, 0.5) is 16.2 Å². The third kappa shape index (κ3) is 7.47. The molecule has 0 atom stereocenters. The molecule has 1 aliphatic heterocycles. The molecule has 1 aliphatic carbocycles. The maximum absolute atomic E-state index is 13.1. The minimum Gasteiger partial charge on any atom is -0.383 e. The summed E-state index contributed by atoms with van der Waals surface area (Å²) < 4.78 is 5.09. The average molecular weight is 493 g/mol. The summed E-state index contributed by atoms with van der Waals surface area (Å²) in [5.41, 5.74) is 3.52. The molecular formula is C29H40N4O3. The minimum atomic E-state index is -0.206. The molecule has 1 heterocycles. The predicted octanol–water partition coefficient (Wildman–Crippen LogP) is 4.98. The standard InChI is InChI=1S/C29H40N4O3/c1-36-19-16-30-28(34)26-21-25(32-29(35)31-24-10-6-3-7-11-24)12-13-27(26)33-17-14-23(15-18-33)20-22-8-4-2-5-9-22/h2,4-5,8-9,12-13,21,23-24H,3,6-7,10-11,14-20H2,1H3,(H,30,34)(H2,31,32,35). The van der Waals surface area contributed by atoms with E-state index >= 15 is 0 Å². The van der Waals surface area contributed by atoms with Crippen LogP contribution in [-0.4, -0.2) is 51.3 Å². The number of methoxy groups -OCH3 is 1. The summed E-state index contributed by atoms with van der Waals surface area (Å²) in [6.45, 7) is 2.71. The number of carbonyl (C=O) groups is 2. The molecule has 3 amide bonds. The molecule has 1 saturated heterocycles. The van der Waals surface area contributed by atoms with Crippen LogP contribution in [-0.2, 0) is 11.2 Å². The van der Waals surface area contributed by atoms with E-state index in [0.717, 1.165) is 63.7 Å². The molecule has 0 spiro atoms. The number of benzene rings is 2. The van der Waals surface area contributed by atoms with Gasteiger partial charge in [0, 0.05) is 44.2 Å². The molecule has 2 aliphatic rings. The van der Waals surface area contributed by atoms with Gasteiger partial charge in [-0.1, -0.05) is 49.6 Å². The van der Waals surface area contributed by atoms with Crippen LogP contribution in [0.2, 0.25) is 0 Å². The Morgan fingerprint density at radius 1 is 0.972 bits per heavy atom. The summed E-state index contributed by atoms with van der Waals surface area (Å²) in [5.74, 6) is 0.497. The summed E-state index contributed by atoms with van der Waals surface area (Å²) >= 11 is 0. The van der Waals surface area contributed by atoms with E-state index in [4.69, 9.17) is 4.74 Å². The zero-order valence-electron chi connectivity index (χ0n) is 21.4. The third-order valence-corrected chi connectivity index (χ3v) is 7.35. The van der Waals surface area contributed by atoms with Gasteiger partial charge in [0.05, 0.1) is 12.2 Å². The summed E-state index contributed by atoms with van der Waals surface area (Å²) in [6.07, 6.45) is 8.89. The lowest BCUT2D eigenvalue weighted by atomic mass is 9.89. The van der Waals surface area contributed by atoms with Crippen molar-refractivity contribution in [3.63, 3.8) is 0 Å². The van der Waals surface area contributed by atoms with Crippen molar-refractivity contribution in [3.8, 4) is 0 Å². The van der Waals surface area contributed by atoms with Crippen LogP contribution < -0.4 is 20.9 Å². The van der Waals surface area contributed by atoms with Gasteiger partial charge in [-0.05, 0) is 61.8 Å². The van der Waals surface area contributed by atoms with Crippen molar-refractivity contribution in [2.24, 2.45) is 5.92 Å². The van der Waals surface area contributed by atoms with E-state index in [9.17, 15) is 9.59 Å². The van der Waals surface area contributed by atoms with Crippen molar-refractivity contribution in [1.29, 1.82) is 0 Å². The molecule has 2 fully saturated rings. The lowest BCUT2D eigenvalue weighted by Crippen LogP contribution is -2.39. The zero-order chi connectivity index (χ0) is 25.2. The Hall–Kier alpha value is -3.06. The molecule has 194 valence electrons. The fourth-order valence-electron chi connectivity index (χ4n) is 5.36. The molecule has 36 heavy (non-hydrogen) atoms. The lowest BCUT2D eigenvalue weighted by molar-refractivity contribution is 0.0937. The highest BCUT2D eigenvalue weighted by Gasteiger charge is 2.24. The van der Waals surface area contributed by atoms with Gasteiger partial charge in [0.25, 0.3) is 5.91 Å². The number of nitrogens with one attached hydrogen (secondary N) is 3. The Kier molecular flexibility index (Phi) is 9.61. The molecule has 2 aromatic carbocycles. The average Bonchev–Trinajstić information content (AvgIpc) is 2.90. The smallest absolute Gasteiger partial charge is 0.319 e. The topological polar surface area (TPSA) is 82.7 Å². The molecule has 0 aromatic heterocycles. The number of piperidine rings is 1. The number of hydrogen-bond donors (Lipinski definition) is 3. The Labute approximate surface area is 215 Å². The third-order valence-electron chi connectivity index (χ3n) is 7.35. The zero-order valence-corrected chi connectivity index (χ0v) is 21.4. The molecule has 1 saturated carbocycles. The SMILES string of the molecule is COCCNC(=O)c1cc(NC(=O)NC2CCCCC2)ccc1N1CCC(Cc2ccccc2)CC1. The quantitative estimate of drug-likeness (QED) is 0.432. The van der Waals surface area contributed by atoms with Crippen LogP contribution in [0, 0.1) is 5.92 Å². The fourth-order valence-corrected chi connectivity index (χ4v) is 5.36. The van der Waals surface area contributed by atoms with Gasteiger partial charge in [-0.3, -0.25) is 4.79 Å². The van der Waals surface area contributed by atoms with Crippen LogP contribution in [0.5, 0.6) is 0 Å². The van der Waals surface area contributed by atoms with Crippen molar-refractivity contribution in [1.82, 2.24) is 10.6 Å². The van der Waals surface area contributed by atoms with Crippen molar-refractivity contribution in [3.05, 3.63) is 59.7 Å². The maximum atomic E-state index is 13.1. The van der Waals surface area contributed by atoms with Gasteiger partial charge in [0.2, 0.25) is 0 Å². The summed E-state index contributed by atoms with van der Waals surface area (Å²) in [6, 6.07) is 16.4. The molecule has 3 N–H and O–H groups in total. The molecule has 0 unspecified atom stereocenters. The number of rotatable bonds is 9. The van der Waals surface area contributed by atoms with Crippen molar-refractivity contribution in [2.75, 3.05) is 43.6 Å². The van der Waals surface area contributed by atoms with Crippen molar-refractivity contribution < 1.29 is 14.3 Å². The first kappa shape index (κ1) is 26.0. The van der Waals surface area contributed by atoms with Gasteiger partial charge in [0.15, 0.2) is 0 Å². The summed E-state index contributed by atoms with van der Waals surface area (Å²) in [5, 5.41) is 8.97. The number of urea groups is 1. The number of hydrogen-bond acceptors (Lipinski definition) is 4. The number of ether oxygens (including phenoxy) is 1. The first-order valence-electron chi connectivity index (χ1n) is 13.4. The molecule has 0 radical (unpaired) electrons. The van der Waals surface area contributed by atoms with E-state index in [0.29, 0.717) is 30.3 Å². The van der Waals surface area contributed by atoms with E-state index in [1.165, 1.54) is 12.0 Å². The first-order chi connectivity index (χ1) is 17.6. The lowest BCUT2D eigenvalue weighted by Gasteiger charge is -2.35. The largest absolute Gasteiger partial charge is 0.383 e. The van der Waals surface area contributed by atoms with E-state index in [1.807, 2.05) is 12.1 Å². The van der Waals surface area contributed by atoms with Gasteiger partial charge in [-0.25, -0.2) is 4.79 Å². The Morgan fingerprint density at radius 2 is 1.72 bits per heavy atom. The highest BCUT2D eigenvalue weighted by molar-refractivity contribution is 6.02.